The van der Waals surface area contributed by atoms with Crippen molar-refractivity contribution in [3.63, 3.8) is 0 Å². The molecular formula is C15H7ClF2O4S. The van der Waals surface area contributed by atoms with Crippen LogP contribution < -0.4 is 5.63 Å². The van der Waals surface area contributed by atoms with E-state index in [1.165, 1.54) is 18.2 Å². The molecule has 0 atom stereocenters. The molecule has 0 N–H and O–H groups in total. The molecule has 0 aliphatic heterocycles. The predicted octanol–water partition coefficient (Wildman–Crippen LogP) is 3.56. The Labute approximate surface area is 133 Å². The molecular weight excluding hydrogens is 350 g/mol. The lowest BCUT2D eigenvalue weighted by molar-refractivity contribution is 0.531. The Morgan fingerprint density at radius 3 is 2.26 bits per heavy atom. The van der Waals surface area contributed by atoms with Crippen LogP contribution in [0.4, 0.5) is 8.78 Å². The zero-order valence-corrected chi connectivity index (χ0v) is 12.8. The molecule has 2 aromatic carbocycles. The molecule has 118 valence electrons. The Hall–Kier alpha value is -2.25. The minimum atomic E-state index is -4.45. The Kier molecular flexibility index (Phi) is 3.69. The summed E-state index contributed by atoms with van der Waals surface area (Å²) >= 11 is 5.82. The van der Waals surface area contributed by atoms with E-state index in [0.29, 0.717) is 23.2 Å². The second-order valence-corrected chi connectivity index (χ2v) is 7.04. The van der Waals surface area contributed by atoms with Crippen LogP contribution in [0.5, 0.6) is 0 Å². The molecule has 0 unspecified atom stereocenters. The third kappa shape index (κ3) is 2.85. The van der Waals surface area contributed by atoms with Crippen molar-refractivity contribution in [2.75, 3.05) is 0 Å². The largest absolute Gasteiger partial charge is 0.422 e. The number of halogens is 3. The zero-order chi connectivity index (χ0) is 16.8. The monoisotopic (exact) mass is 356 g/mol. The van der Waals surface area contributed by atoms with Crippen LogP contribution in [0.2, 0.25) is 5.02 Å². The molecule has 4 nitrogen and oxygen atoms in total. The maximum absolute atomic E-state index is 13.3. The summed E-state index contributed by atoms with van der Waals surface area (Å²) in [6.07, 6.45) is 0. The van der Waals surface area contributed by atoms with Crippen molar-refractivity contribution in [1.29, 1.82) is 0 Å². The van der Waals surface area contributed by atoms with E-state index in [9.17, 15) is 22.0 Å². The molecule has 0 bridgehead atoms. The van der Waals surface area contributed by atoms with Crippen molar-refractivity contribution in [3.05, 3.63) is 69.5 Å². The summed E-state index contributed by atoms with van der Waals surface area (Å²) in [6.45, 7) is 0. The van der Waals surface area contributed by atoms with Gasteiger partial charge in [-0.3, -0.25) is 0 Å². The molecule has 1 aromatic heterocycles. The summed E-state index contributed by atoms with van der Waals surface area (Å²) < 4.78 is 56.4. The highest BCUT2D eigenvalue weighted by Gasteiger charge is 2.24. The predicted molar refractivity (Wildman–Crippen MR) is 79.3 cm³/mol. The summed E-state index contributed by atoms with van der Waals surface area (Å²) in [4.78, 5) is 10.5. The van der Waals surface area contributed by atoms with Gasteiger partial charge >= 0.3 is 5.63 Å². The second kappa shape index (κ2) is 5.43. The average Bonchev–Trinajstić information content (AvgIpc) is 2.46. The Balaban J connectivity index is 2.29. The number of benzene rings is 2. The quantitative estimate of drug-likeness (QED) is 0.659. The van der Waals surface area contributed by atoms with E-state index in [0.717, 1.165) is 6.07 Å². The van der Waals surface area contributed by atoms with Gasteiger partial charge in [0.15, 0.2) is 4.90 Å². The van der Waals surface area contributed by atoms with Gasteiger partial charge in [-0.15, -0.1) is 0 Å². The van der Waals surface area contributed by atoms with E-state index >= 15 is 0 Å². The molecule has 1 heterocycles. The van der Waals surface area contributed by atoms with E-state index in [2.05, 4.69) is 0 Å². The van der Waals surface area contributed by atoms with Gasteiger partial charge in [0.05, 0.1) is 4.90 Å². The molecule has 3 rings (SSSR count). The van der Waals surface area contributed by atoms with Crippen LogP contribution in [-0.2, 0) is 9.84 Å². The van der Waals surface area contributed by atoms with Crippen LogP contribution in [0.15, 0.2) is 61.5 Å². The lowest BCUT2D eigenvalue weighted by atomic mass is 10.2. The summed E-state index contributed by atoms with van der Waals surface area (Å²) in [5, 5.41) is 0.582. The van der Waals surface area contributed by atoms with Gasteiger partial charge in [0, 0.05) is 16.5 Å². The molecule has 0 fully saturated rings. The number of hydrogen-bond donors (Lipinski definition) is 0. The molecule has 23 heavy (non-hydrogen) atoms. The van der Waals surface area contributed by atoms with Crippen molar-refractivity contribution in [2.45, 2.75) is 9.79 Å². The number of rotatable bonds is 2. The average molecular weight is 357 g/mol. The van der Waals surface area contributed by atoms with Crippen LogP contribution in [0.25, 0.3) is 11.0 Å². The minimum Gasteiger partial charge on any atom is -0.422 e. The highest BCUT2D eigenvalue weighted by Crippen LogP contribution is 2.25. The van der Waals surface area contributed by atoms with Gasteiger partial charge < -0.3 is 4.42 Å². The van der Waals surface area contributed by atoms with Crippen LogP contribution in [0, 0.1) is 11.6 Å². The number of sulfone groups is 1. The Bertz CT molecular complexity index is 1070. The van der Waals surface area contributed by atoms with Crippen LogP contribution >= 0.6 is 11.6 Å². The first-order chi connectivity index (χ1) is 10.8. The van der Waals surface area contributed by atoms with E-state index < -0.39 is 36.9 Å². The van der Waals surface area contributed by atoms with Gasteiger partial charge in [0.25, 0.3) is 0 Å². The molecule has 0 amide bonds. The van der Waals surface area contributed by atoms with Gasteiger partial charge in [-0.2, -0.15) is 0 Å². The van der Waals surface area contributed by atoms with Gasteiger partial charge in [0.2, 0.25) is 9.84 Å². The third-order valence-corrected chi connectivity index (χ3v) is 5.05. The first kappa shape index (κ1) is 15.6. The maximum atomic E-state index is 13.3. The second-order valence-electron chi connectivity index (χ2n) is 4.69. The summed E-state index contributed by atoms with van der Waals surface area (Å²) in [7, 11) is -4.45. The highest BCUT2D eigenvalue weighted by molar-refractivity contribution is 7.91. The van der Waals surface area contributed by atoms with Gasteiger partial charge in [-0.25, -0.2) is 22.0 Å². The molecule has 0 aliphatic carbocycles. The van der Waals surface area contributed by atoms with Crippen molar-refractivity contribution in [2.24, 2.45) is 0 Å². The highest BCUT2D eigenvalue weighted by atomic mass is 35.5. The molecule has 0 aliphatic rings. The topological polar surface area (TPSA) is 64.3 Å². The van der Waals surface area contributed by atoms with Gasteiger partial charge in [0.1, 0.15) is 17.2 Å². The van der Waals surface area contributed by atoms with Crippen LogP contribution in [0.3, 0.4) is 0 Å². The fourth-order valence-electron chi connectivity index (χ4n) is 2.07. The lowest BCUT2D eigenvalue weighted by Gasteiger charge is -2.05. The first-order valence-corrected chi connectivity index (χ1v) is 8.08. The van der Waals surface area contributed by atoms with E-state index in [1.807, 2.05) is 0 Å². The molecule has 3 aromatic rings. The smallest absolute Gasteiger partial charge is 0.355 e. The van der Waals surface area contributed by atoms with Crippen molar-refractivity contribution in [3.8, 4) is 0 Å². The molecule has 0 spiro atoms. The molecule has 0 saturated heterocycles. The normalized spacial score (nSPS) is 11.8. The zero-order valence-electron chi connectivity index (χ0n) is 11.2. The number of hydrogen-bond acceptors (Lipinski definition) is 4. The first-order valence-electron chi connectivity index (χ1n) is 6.22. The van der Waals surface area contributed by atoms with Crippen molar-refractivity contribution < 1.29 is 21.6 Å². The van der Waals surface area contributed by atoms with Crippen LogP contribution in [0.1, 0.15) is 0 Å². The van der Waals surface area contributed by atoms with E-state index in [4.69, 9.17) is 16.0 Å². The third-order valence-electron chi connectivity index (χ3n) is 3.10. The van der Waals surface area contributed by atoms with Crippen molar-refractivity contribution in [1.82, 2.24) is 0 Å². The standard InChI is InChI=1S/C15H7ClF2O4S/c16-9-1-2-13-8(3-9)4-14(15(19)22-13)23(20,21)12-6-10(17)5-11(18)7-12/h1-7H. The Morgan fingerprint density at radius 2 is 1.61 bits per heavy atom. The SMILES string of the molecule is O=c1oc2ccc(Cl)cc2cc1S(=O)(=O)c1cc(F)cc(F)c1. The van der Waals surface area contributed by atoms with Gasteiger partial charge in [-0.05, 0) is 36.4 Å². The van der Waals surface area contributed by atoms with Crippen molar-refractivity contribution >= 4 is 32.4 Å². The fourth-order valence-corrected chi connectivity index (χ4v) is 3.59. The van der Waals surface area contributed by atoms with Crippen LogP contribution in [-0.4, -0.2) is 8.42 Å². The van der Waals surface area contributed by atoms with E-state index in [-0.39, 0.29) is 11.0 Å². The Morgan fingerprint density at radius 1 is 0.957 bits per heavy atom. The summed E-state index contributed by atoms with van der Waals surface area (Å²) in [5.74, 6) is -2.14. The molecule has 0 saturated carbocycles. The molecule has 8 heteroatoms. The summed E-state index contributed by atoms with van der Waals surface area (Å²) in [5.41, 5.74) is -0.992. The summed E-state index contributed by atoms with van der Waals surface area (Å²) in [6, 6.07) is 7.14. The number of fused-ring (bicyclic) bond motifs is 1. The fraction of sp³-hybridized carbons (Fsp3) is 0. The lowest BCUT2D eigenvalue weighted by Crippen LogP contribution is -2.14. The van der Waals surface area contributed by atoms with Gasteiger partial charge in [-0.1, -0.05) is 11.6 Å². The minimum absolute atomic E-state index is 0.142. The van der Waals surface area contributed by atoms with E-state index in [1.54, 1.807) is 0 Å². The maximum Gasteiger partial charge on any atom is 0.355 e. The molecule has 0 radical (unpaired) electrons.